The number of nitrogens with zero attached hydrogens (tertiary/aromatic N) is 2. The van der Waals surface area contributed by atoms with Crippen LogP contribution in [0.25, 0.3) is 0 Å². The van der Waals surface area contributed by atoms with Gasteiger partial charge in [0.05, 0.1) is 12.4 Å². The van der Waals surface area contributed by atoms with Gasteiger partial charge in [-0.2, -0.15) is 5.10 Å². The molecule has 0 radical (unpaired) electrons. The molecule has 1 aromatic heterocycles. The predicted molar refractivity (Wildman–Crippen MR) is 77.5 cm³/mol. The Balaban J connectivity index is 1.90. The van der Waals surface area contributed by atoms with Gasteiger partial charge in [-0.3, -0.25) is 4.68 Å². The largest absolute Gasteiger partial charge is 0.486 e. The number of nitrogens with one attached hydrogen (secondary N) is 1. The molecule has 1 saturated carbocycles. The number of hydrogen-bond donors (Lipinski definition) is 1. The molecule has 4 heteroatoms. The monoisotopic (exact) mass is 265 g/mol. The van der Waals surface area contributed by atoms with Crippen molar-refractivity contribution in [3.05, 3.63) is 12.4 Å². The molecule has 0 amide bonds. The summed E-state index contributed by atoms with van der Waals surface area (Å²) in [6, 6.07) is 0.948. The minimum atomic E-state index is 0.190. The summed E-state index contributed by atoms with van der Waals surface area (Å²) in [5, 5.41) is 7.92. The zero-order valence-electron chi connectivity index (χ0n) is 12.8. The van der Waals surface area contributed by atoms with Gasteiger partial charge in [-0.25, -0.2) is 0 Å². The van der Waals surface area contributed by atoms with Crippen molar-refractivity contribution in [2.45, 2.75) is 65.6 Å². The molecule has 1 aromatic rings. The Labute approximate surface area is 116 Å². The molecule has 1 aliphatic rings. The second-order valence-corrected chi connectivity index (χ2v) is 6.42. The number of rotatable bonds is 6. The van der Waals surface area contributed by atoms with E-state index in [2.05, 4.69) is 45.0 Å². The van der Waals surface area contributed by atoms with Gasteiger partial charge < -0.3 is 10.1 Å². The van der Waals surface area contributed by atoms with Crippen LogP contribution in [0.4, 0.5) is 0 Å². The van der Waals surface area contributed by atoms with Crippen LogP contribution in [0, 0.1) is 5.41 Å². The Hall–Kier alpha value is -1.03. The zero-order valence-corrected chi connectivity index (χ0v) is 12.8. The van der Waals surface area contributed by atoms with Crippen LogP contribution in [-0.4, -0.2) is 28.5 Å². The van der Waals surface area contributed by atoms with Gasteiger partial charge in [0.25, 0.3) is 0 Å². The van der Waals surface area contributed by atoms with Crippen molar-refractivity contribution in [3.8, 4) is 5.75 Å². The molecule has 0 saturated heterocycles. The minimum absolute atomic E-state index is 0.190. The summed E-state index contributed by atoms with van der Waals surface area (Å²) in [4.78, 5) is 0. The third-order valence-electron chi connectivity index (χ3n) is 4.20. The van der Waals surface area contributed by atoms with Crippen LogP contribution in [0.15, 0.2) is 12.4 Å². The lowest BCUT2D eigenvalue weighted by Crippen LogP contribution is -2.62. The average Bonchev–Trinajstić information content (AvgIpc) is 2.81. The molecule has 1 heterocycles. The third kappa shape index (κ3) is 2.94. The first-order valence-electron chi connectivity index (χ1n) is 7.39. The zero-order chi connectivity index (χ0) is 14.0. The fraction of sp³-hybridized carbons (Fsp3) is 0.800. The molecule has 1 fully saturated rings. The second-order valence-electron chi connectivity index (χ2n) is 6.42. The Kier molecular flexibility index (Phi) is 4.19. The van der Waals surface area contributed by atoms with Crippen LogP contribution in [0.1, 0.15) is 53.5 Å². The summed E-state index contributed by atoms with van der Waals surface area (Å²) in [5.74, 6) is 0.890. The highest BCUT2D eigenvalue weighted by molar-refractivity contribution is 5.16. The van der Waals surface area contributed by atoms with E-state index in [4.69, 9.17) is 4.74 Å². The van der Waals surface area contributed by atoms with Crippen molar-refractivity contribution in [2.24, 2.45) is 5.41 Å². The van der Waals surface area contributed by atoms with Gasteiger partial charge in [-0.15, -0.1) is 0 Å². The Morgan fingerprint density at radius 2 is 2.26 bits per heavy atom. The lowest BCUT2D eigenvalue weighted by Gasteiger charge is -2.51. The summed E-state index contributed by atoms with van der Waals surface area (Å²) in [6.45, 7) is 12.1. The fourth-order valence-corrected chi connectivity index (χ4v) is 2.58. The minimum Gasteiger partial charge on any atom is -0.486 e. The highest BCUT2D eigenvalue weighted by Crippen LogP contribution is 2.43. The van der Waals surface area contributed by atoms with Crippen molar-refractivity contribution in [1.82, 2.24) is 15.1 Å². The van der Waals surface area contributed by atoms with Gasteiger partial charge in [0, 0.05) is 23.9 Å². The fourth-order valence-electron chi connectivity index (χ4n) is 2.58. The second kappa shape index (κ2) is 5.53. The molecular weight excluding hydrogens is 238 g/mol. The maximum atomic E-state index is 6.08. The summed E-state index contributed by atoms with van der Waals surface area (Å²) >= 11 is 0. The molecule has 0 spiro atoms. The van der Waals surface area contributed by atoms with Gasteiger partial charge in [0.1, 0.15) is 6.10 Å². The Bertz CT molecular complexity index is 411. The van der Waals surface area contributed by atoms with Crippen molar-refractivity contribution < 1.29 is 4.74 Å². The molecule has 0 aromatic carbocycles. The molecule has 2 rings (SSSR count). The first-order chi connectivity index (χ1) is 8.95. The maximum Gasteiger partial charge on any atom is 0.157 e. The number of ether oxygens (including phenoxy) is 1. The third-order valence-corrected chi connectivity index (χ3v) is 4.20. The van der Waals surface area contributed by atoms with Crippen LogP contribution in [0.3, 0.4) is 0 Å². The van der Waals surface area contributed by atoms with Crippen molar-refractivity contribution >= 4 is 0 Å². The topological polar surface area (TPSA) is 39.1 Å². The molecule has 0 bridgehead atoms. The van der Waals surface area contributed by atoms with Crippen LogP contribution < -0.4 is 10.1 Å². The van der Waals surface area contributed by atoms with E-state index < -0.39 is 0 Å². The molecular formula is C15H27N3O. The first kappa shape index (κ1) is 14.4. The highest BCUT2D eigenvalue weighted by Gasteiger charge is 2.49. The Morgan fingerprint density at radius 3 is 2.79 bits per heavy atom. The lowest BCUT2D eigenvalue weighted by atomic mass is 9.64. The summed E-state index contributed by atoms with van der Waals surface area (Å²) in [6.07, 6.45) is 6.36. The van der Waals surface area contributed by atoms with Gasteiger partial charge >= 0.3 is 0 Å². The SMILES string of the molecule is CCCNC1CC(Oc2cnn(C(C)C)c2)C1(C)C. The van der Waals surface area contributed by atoms with E-state index >= 15 is 0 Å². The Morgan fingerprint density at radius 1 is 1.53 bits per heavy atom. The van der Waals surface area contributed by atoms with Crippen LogP contribution in [0.2, 0.25) is 0 Å². The lowest BCUT2D eigenvalue weighted by molar-refractivity contribution is -0.0546. The first-order valence-corrected chi connectivity index (χ1v) is 7.39. The normalized spacial score (nSPS) is 25.4. The van der Waals surface area contributed by atoms with E-state index in [0.717, 1.165) is 18.7 Å². The summed E-state index contributed by atoms with van der Waals surface area (Å²) in [5.41, 5.74) is 0.190. The molecule has 4 nitrogen and oxygen atoms in total. The van der Waals surface area contributed by atoms with Crippen molar-refractivity contribution in [1.29, 1.82) is 0 Å². The van der Waals surface area contributed by atoms with Gasteiger partial charge in [-0.05, 0) is 26.8 Å². The molecule has 0 aliphatic heterocycles. The van der Waals surface area contributed by atoms with Gasteiger partial charge in [-0.1, -0.05) is 20.8 Å². The van der Waals surface area contributed by atoms with E-state index in [-0.39, 0.29) is 11.5 Å². The molecule has 19 heavy (non-hydrogen) atoms. The van der Waals surface area contributed by atoms with Crippen LogP contribution in [0.5, 0.6) is 5.75 Å². The van der Waals surface area contributed by atoms with E-state index in [0.29, 0.717) is 12.1 Å². The van der Waals surface area contributed by atoms with E-state index in [9.17, 15) is 0 Å². The molecule has 1 aliphatic carbocycles. The molecule has 2 atom stereocenters. The number of aromatic nitrogens is 2. The molecule has 2 unspecified atom stereocenters. The highest BCUT2D eigenvalue weighted by atomic mass is 16.5. The van der Waals surface area contributed by atoms with Gasteiger partial charge in [0.15, 0.2) is 5.75 Å². The van der Waals surface area contributed by atoms with Crippen LogP contribution >= 0.6 is 0 Å². The van der Waals surface area contributed by atoms with E-state index in [1.165, 1.54) is 6.42 Å². The standard InChI is InChI=1S/C15H27N3O/c1-6-7-16-13-8-14(15(13,4)5)19-12-9-17-18(10-12)11(2)3/h9-11,13-14,16H,6-8H2,1-5H3. The molecule has 108 valence electrons. The maximum absolute atomic E-state index is 6.08. The average molecular weight is 265 g/mol. The number of hydrogen-bond acceptors (Lipinski definition) is 3. The van der Waals surface area contributed by atoms with Gasteiger partial charge in [0.2, 0.25) is 0 Å². The van der Waals surface area contributed by atoms with Crippen molar-refractivity contribution in [3.63, 3.8) is 0 Å². The smallest absolute Gasteiger partial charge is 0.157 e. The van der Waals surface area contributed by atoms with E-state index in [1.54, 1.807) is 0 Å². The predicted octanol–water partition coefficient (Wildman–Crippen LogP) is 3.01. The summed E-state index contributed by atoms with van der Waals surface area (Å²) < 4.78 is 8.02. The molecule has 1 N–H and O–H groups in total. The quantitative estimate of drug-likeness (QED) is 0.859. The van der Waals surface area contributed by atoms with E-state index in [1.807, 2.05) is 17.1 Å². The van der Waals surface area contributed by atoms with Crippen LogP contribution in [-0.2, 0) is 0 Å². The van der Waals surface area contributed by atoms with Crippen molar-refractivity contribution in [2.75, 3.05) is 6.54 Å². The summed E-state index contributed by atoms with van der Waals surface area (Å²) in [7, 11) is 0.